The number of carboxylic acid groups (broad SMARTS) is 1. The molecule has 0 saturated carbocycles. The molecule has 8 heteroatoms. The number of methoxy groups -OCH3 is 1. The molecule has 1 heterocycles. The number of rotatable bonds is 13. The minimum absolute atomic E-state index is 0.0665. The van der Waals surface area contributed by atoms with Gasteiger partial charge in [0.2, 0.25) is 5.91 Å². The highest BCUT2D eigenvalue weighted by Gasteiger charge is 2.40. The molecule has 0 spiro atoms. The summed E-state index contributed by atoms with van der Waals surface area (Å²) in [4.78, 5) is 26.6. The Morgan fingerprint density at radius 1 is 0.974 bits per heavy atom. The Hall–Kier alpha value is -3.65. The molecule has 1 aliphatic heterocycles. The molecular formula is C30H33NO6S. The summed E-state index contributed by atoms with van der Waals surface area (Å²) in [7, 11) is 1.48. The largest absolute Gasteiger partial charge is 0.493 e. The van der Waals surface area contributed by atoms with Crippen LogP contribution in [0.15, 0.2) is 72.8 Å². The van der Waals surface area contributed by atoms with E-state index in [1.165, 1.54) is 19.2 Å². The third-order valence-corrected chi connectivity index (χ3v) is 7.84. The molecule has 0 bridgehead atoms. The zero-order valence-corrected chi connectivity index (χ0v) is 22.5. The van der Waals surface area contributed by atoms with Crippen LogP contribution in [0.2, 0.25) is 0 Å². The number of nitrogens with zero attached hydrogens (tertiary/aromatic N) is 1. The number of aromatic carboxylic acids is 1. The standard InChI is InChI=1S/C30H33NO6S/c1-3-4-14-27-28(32)31(17-9-18-36-25-16-15-22(30(33)34)20-26(25)35-2)29(38-27)21-10-8-13-24(19-21)37-23-11-6-5-7-12-23/h5-8,10-13,15-16,19-20,27,29H,3-4,9,14,17-18H2,1-2H3,(H,33,34). The van der Waals surface area contributed by atoms with Crippen LogP contribution in [0, 0.1) is 0 Å². The van der Waals surface area contributed by atoms with Gasteiger partial charge >= 0.3 is 5.97 Å². The van der Waals surface area contributed by atoms with Crippen LogP contribution >= 0.6 is 11.8 Å². The van der Waals surface area contributed by atoms with Gasteiger partial charge in [0.1, 0.15) is 16.9 Å². The highest BCUT2D eigenvalue weighted by atomic mass is 32.2. The lowest BCUT2D eigenvalue weighted by Gasteiger charge is -2.24. The van der Waals surface area contributed by atoms with Crippen LogP contribution in [0.25, 0.3) is 0 Å². The fourth-order valence-corrected chi connectivity index (χ4v) is 5.87. The molecule has 0 aliphatic carbocycles. The first kappa shape index (κ1) is 27.4. The number of carbonyl (C=O) groups excluding carboxylic acids is 1. The van der Waals surface area contributed by atoms with Gasteiger partial charge in [0, 0.05) is 6.54 Å². The van der Waals surface area contributed by atoms with Crippen LogP contribution in [0.5, 0.6) is 23.0 Å². The molecule has 1 saturated heterocycles. The van der Waals surface area contributed by atoms with Crippen LogP contribution in [0.1, 0.15) is 53.9 Å². The van der Waals surface area contributed by atoms with Gasteiger partial charge in [-0.1, -0.05) is 50.1 Å². The number of amides is 1. The normalized spacial score (nSPS) is 16.9. The molecule has 3 aromatic carbocycles. The second-order valence-corrected chi connectivity index (χ2v) is 10.3. The first-order valence-corrected chi connectivity index (χ1v) is 13.8. The van der Waals surface area contributed by atoms with Crippen molar-refractivity contribution in [1.29, 1.82) is 0 Å². The molecule has 4 rings (SSSR count). The Labute approximate surface area is 227 Å². The van der Waals surface area contributed by atoms with Gasteiger partial charge in [0.25, 0.3) is 0 Å². The third kappa shape index (κ3) is 6.81. The smallest absolute Gasteiger partial charge is 0.335 e. The summed E-state index contributed by atoms with van der Waals surface area (Å²) in [5.74, 6) is 1.47. The number of ether oxygens (including phenoxy) is 3. The quantitative estimate of drug-likeness (QED) is 0.241. The van der Waals surface area contributed by atoms with Crippen LogP contribution in [-0.4, -0.2) is 47.4 Å². The summed E-state index contributed by atoms with van der Waals surface area (Å²) in [5, 5.41) is 9.03. The maximum absolute atomic E-state index is 13.4. The molecule has 2 atom stereocenters. The Morgan fingerprint density at radius 3 is 2.50 bits per heavy atom. The van der Waals surface area contributed by atoms with Crippen molar-refractivity contribution < 1.29 is 28.9 Å². The molecule has 200 valence electrons. The Balaban J connectivity index is 1.44. The van der Waals surface area contributed by atoms with Gasteiger partial charge in [-0.25, -0.2) is 4.79 Å². The molecule has 1 amide bonds. The number of carboxylic acids is 1. The molecule has 0 radical (unpaired) electrons. The van der Waals surface area contributed by atoms with E-state index >= 15 is 0 Å². The van der Waals surface area contributed by atoms with Crippen molar-refractivity contribution in [2.45, 2.75) is 43.2 Å². The zero-order chi connectivity index (χ0) is 26.9. The van der Waals surface area contributed by atoms with Crippen molar-refractivity contribution in [2.75, 3.05) is 20.3 Å². The lowest BCUT2D eigenvalue weighted by molar-refractivity contribution is -0.130. The summed E-state index contributed by atoms with van der Waals surface area (Å²) in [6.07, 6.45) is 3.53. The molecule has 1 fully saturated rings. The summed E-state index contributed by atoms with van der Waals surface area (Å²) in [6.45, 7) is 3.04. The maximum Gasteiger partial charge on any atom is 0.335 e. The topological polar surface area (TPSA) is 85.3 Å². The van der Waals surface area contributed by atoms with Crippen LogP contribution in [-0.2, 0) is 4.79 Å². The number of carbonyl (C=O) groups is 2. The van der Waals surface area contributed by atoms with Crippen LogP contribution in [0.4, 0.5) is 0 Å². The number of thioether (sulfide) groups is 1. The van der Waals surface area contributed by atoms with E-state index < -0.39 is 5.97 Å². The Kier molecular flexibility index (Phi) is 9.54. The highest BCUT2D eigenvalue weighted by Crippen LogP contribution is 2.45. The molecule has 2 unspecified atom stereocenters. The van der Waals surface area contributed by atoms with Crippen molar-refractivity contribution >= 4 is 23.6 Å². The molecular weight excluding hydrogens is 502 g/mol. The van der Waals surface area contributed by atoms with E-state index in [4.69, 9.17) is 14.2 Å². The summed E-state index contributed by atoms with van der Waals surface area (Å²) >= 11 is 1.70. The maximum atomic E-state index is 13.4. The lowest BCUT2D eigenvalue weighted by Crippen LogP contribution is -2.32. The van der Waals surface area contributed by atoms with E-state index in [9.17, 15) is 14.7 Å². The van der Waals surface area contributed by atoms with E-state index in [0.717, 1.165) is 36.3 Å². The molecule has 1 N–H and O–H groups in total. The molecule has 0 aromatic heterocycles. The van der Waals surface area contributed by atoms with Gasteiger partial charge in [-0.3, -0.25) is 4.79 Å². The van der Waals surface area contributed by atoms with Gasteiger partial charge in [0.15, 0.2) is 11.5 Å². The monoisotopic (exact) mass is 535 g/mol. The van der Waals surface area contributed by atoms with Gasteiger partial charge in [-0.05, 0) is 60.9 Å². The fourth-order valence-electron chi connectivity index (χ4n) is 4.35. The van der Waals surface area contributed by atoms with Crippen molar-refractivity contribution in [3.05, 3.63) is 83.9 Å². The Morgan fingerprint density at radius 2 is 1.76 bits per heavy atom. The molecule has 38 heavy (non-hydrogen) atoms. The van der Waals surface area contributed by atoms with Crippen molar-refractivity contribution in [2.24, 2.45) is 0 Å². The average molecular weight is 536 g/mol. The van der Waals surface area contributed by atoms with Crippen molar-refractivity contribution in [3.63, 3.8) is 0 Å². The van der Waals surface area contributed by atoms with E-state index in [1.807, 2.05) is 59.5 Å². The second kappa shape index (κ2) is 13.2. The minimum atomic E-state index is -1.03. The number of hydrogen-bond donors (Lipinski definition) is 1. The lowest BCUT2D eigenvalue weighted by atomic mass is 10.1. The van der Waals surface area contributed by atoms with E-state index in [2.05, 4.69) is 6.92 Å². The summed E-state index contributed by atoms with van der Waals surface area (Å²) < 4.78 is 17.2. The van der Waals surface area contributed by atoms with Crippen LogP contribution < -0.4 is 14.2 Å². The van der Waals surface area contributed by atoms with Crippen molar-refractivity contribution in [3.8, 4) is 23.0 Å². The van der Waals surface area contributed by atoms with Crippen LogP contribution in [0.3, 0.4) is 0 Å². The third-order valence-electron chi connectivity index (χ3n) is 6.29. The first-order chi connectivity index (χ1) is 18.5. The Bertz CT molecular complexity index is 1230. The fraction of sp³-hybridized carbons (Fsp3) is 0.333. The SMILES string of the molecule is CCCCC1SC(c2cccc(Oc3ccccc3)c2)N(CCCOc2ccc(C(=O)O)cc2OC)C1=O. The number of para-hydroxylation sites is 1. The number of benzene rings is 3. The van der Waals surface area contributed by atoms with Gasteiger partial charge in [0.05, 0.1) is 24.5 Å². The van der Waals surface area contributed by atoms with Gasteiger partial charge < -0.3 is 24.2 Å². The van der Waals surface area contributed by atoms with E-state index in [0.29, 0.717) is 31.1 Å². The number of unbranched alkanes of at least 4 members (excludes halogenated alkanes) is 1. The predicted molar refractivity (Wildman–Crippen MR) is 148 cm³/mol. The minimum Gasteiger partial charge on any atom is -0.493 e. The molecule has 7 nitrogen and oxygen atoms in total. The predicted octanol–water partition coefficient (Wildman–Crippen LogP) is 6.79. The molecule has 1 aliphatic rings. The van der Waals surface area contributed by atoms with E-state index in [1.54, 1.807) is 17.8 Å². The van der Waals surface area contributed by atoms with Gasteiger partial charge in [-0.15, -0.1) is 11.8 Å². The highest BCUT2D eigenvalue weighted by molar-refractivity contribution is 8.01. The van der Waals surface area contributed by atoms with Gasteiger partial charge in [-0.2, -0.15) is 0 Å². The summed E-state index contributed by atoms with van der Waals surface area (Å²) in [5.41, 5.74) is 1.16. The van der Waals surface area contributed by atoms with E-state index in [-0.39, 0.29) is 22.1 Å². The zero-order valence-electron chi connectivity index (χ0n) is 21.7. The summed E-state index contributed by atoms with van der Waals surface area (Å²) in [6, 6.07) is 22.1. The number of hydrogen-bond acceptors (Lipinski definition) is 6. The molecule has 3 aromatic rings. The van der Waals surface area contributed by atoms with Crippen molar-refractivity contribution in [1.82, 2.24) is 4.90 Å². The second-order valence-electron chi connectivity index (χ2n) is 9.01. The average Bonchev–Trinajstić information content (AvgIpc) is 3.25. The first-order valence-electron chi connectivity index (χ1n) is 12.8.